The summed E-state index contributed by atoms with van der Waals surface area (Å²) in [6.45, 7) is 0.445. The normalized spacial score (nSPS) is 10.3. The Morgan fingerprint density at radius 1 is 1.16 bits per heavy atom. The van der Waals surface area contributed by atoms with Crippen LogP contribution in [0.4, 0.5) is 10.1 Å². The minimum Gasteiger partial charge on any atom is -0.494 e. The van der Waals surface area contributed by atoms with E-state index in [0.717, 1.165) is 5.56 Å². The van der Waals surface area contributed by atoms with E-state index in [2.05, 4.69) is 5.32 Å². The molecule has 19 heavy (non-hydrogen) atoms. The summed E-state index contributed by atoms with van der Waals surface area (Å²) in [5.41, 5.74) is 1.50. The number of halogens is 3. The largest absolute Gasteiger partial charge is 0.494 e. The highest BCUT2D eigenvalue weighted by atomic mass is 35.5. The number of nitrogens with one attached hydrogen (secondary N) is 1. The van der Waals surface area contributed by atoms with Crippen molar-refractivity contribution in [3.05, 3.63) is 57.8 Å². The van der Waals surface area contributed by atoms with Crippen molar-refractivity contribution in [2.75, 3.05) is 12.4 Å². The smallest absolute Gasteiger partial charge is 0.165 e. The molecule has 0 fully saturated rings. The first kappa shape index (κ1) is 14.0. The summed E-state index contributed by atoms with van der Waals surface area (Å²) in [5.74, 6) is -0.163. The molecular formula is C14H12Cl2FNO. The van der Waals surface area contributed by atoms with E-state index in [1.165, 1.54) is 13.2 Å². The second kappa shape index (κ2) is 6.13. The topological polar surface area (TPSA) is 21.3 Å². The molecule has 2 aromatic carbocycles. The van der Waals surface area contributed by atoms with Gasteiger partial charge in [0.1, 0.15) is 0 Å². The van der Waals surface area contributed by atoms with Crippen LogP contribution in [0.1, 0.15) is 5.56 Å². The molecule has 0 aliphatic carbocycles. The minimum absolute atomic E-state index is 0.226. The fourth-order valence-corrected chi connectivity index (χ4v) is 2.01. The summed E-state index contributed by atoms with van der Waals surface area (Å²) in [4.78, 5) is 0. The third-order valence-corrected chi connectivity index (χ3v) is 3.19. The molecule has 100 valence electrons. The molecule has 0 aromatic heterocycles. The van der Waals surface area contributed by atoms with E-state index < -0.39 is 0 Å². The zero-order chi connectivity index (χ0) is 13.8. The summed E-state index contributed by atoms with van der Waals surface area (Å²) in [6, 6.07) is 9.94. The zero-order valence-corrected chi connectivity index (χ0v) is 11.7. The number of rotatable bonds is 4. The van der Waals surface area contributed by atoms with E-state index in [1.54, 1.807) is 30.3 Å². The maximum absolute atomic E-state index is 13.5. The minimum atomic E-state index is -0.390. The number of anilines is 1. The van der Waals surface area contributed by atoms with Crippen molar-refractivity contribution in [1.82, 2.24) is 0 Å². The SMILES string of the molecule is COc1ccc(CNc2cc(Cl)ccc2Cl)cc1F. The van der Waals surface area contributed by atoms with Crippen LogP contribution in [0.25, 0.3) is 0 Å². The van der Waals surface area contributed by atoms with Gasteiger partial charge in [0.25, 0.3) is 0 Å². The van der Waals surface area contributed by atoms with Crippen LogP contribution in [-0.2, 0) is 6.54 Å². The molecule has 0 saturated heterocycles. The molecule has 0 amide bonds. The standard InChI is InChI=1S/C14H12Cl2FNO/c1-19-14-5-2-9(6-12(14)17)8-18-13-7-10(15)3-4-11(13)16/h2-7,18H,8H2,1H3. The van der Waals surface area contributed by atoms with Gasteiger partial charge in [0.2, 0.25) is 0 Å². The molecule has 0 bridgehead atoms. The molecule has 0 aliphatic rings. The Bertz CT molecular complexity index is 590. The van der Waals surface area contributed by atoms with Crippen LogP contribution < -0.4 is 10.1 Å². The Labute approximate surface area is 121 Å². The van der Waals surface area contributed by atoms with E-state index in [0.29, 0.717) is 22.3 Å². The molecule has 5 heteroatoms. The maximum Gasteiger partial charge on any atom is 0.165 e. The molecule has 2 rings (SSSR count). The predicted octanol–water partition coefficient (Wildman–Crippen LogP) is 4.75. The van der Waals surface area contributed by atoms with Gasteiger partial charge in [-0.15, -0.1) is 0 Å². The summed E-state index contributed by atoms with van der Waals surface area (Å²) < 4.78 is 18.4. The molecule has 2 aromatic rings. The quantitative estimate of drug-likeness (QED) is 0.879. The third kappa shape index (κ3) is 3.52. The maximum atomic E-state index is 13.5. The highest BCUT2D eigenvalue weighted by molar-refractivity contribution is 6.35. The first-order chi connectivity index (χ1) is 9.10. The molecule has 0 heterocycles. The second-order valence-corrected chi connectivity index (χ2v) is 4.79. The van der Waals surface area contributed by atoms with Gasteiger partial charge in [0, 0.05) is 11.6 Å². The number of methoxy groups -OCH3 is 1. The van der Waals surface area contributed by atoms with E-state index >= 15 is 0 Å². The van der Waals surface area contributed by atoms with E-state index in [9.17, 15) is 4.39 Å². The lowest BCUT2D eigenvalue weighted by Gasteiger charge is -2.10. The summed E-state index contributed by atoms with van der Waals surface area (Å²) in [7, 11) is 1.43. The molecule has 0 spiro atoms. The Kier molecular flexibility index (Phi) is 4.51. The van der Waals surface area contributed by atoms with Crippen molar-refractivity contribution >= 4 is 28.9 Å². The van der Waals surface area contributed by atoms with Crippen LogP contribution in [0, 0.1) is 5.82 Å². The Morgan fingerprint density at radius 2 is 1.95 bits per heavy atom. The van der Waals surface area contributed by atoms with Crippen molar-refractivity contribution in [2.24, 2.45) is 0 Å². The van der Waals surface area contributed by atoms with Crippen LogP contribution in [0.5, 0.6) is 5.75 Å². The van der Waals surface area contributed by atoms with Crippen molar-refractivity contribution < 1.29 is 9.13 Å². The molecule has 0 aliphatic heterocycles. The van der Waals surface area contributed by atoms with Crippen LogP contribution >= 0.6 is 23.2 Å². The van der Waals surface area contributed by atoms with Gasteiger partial charge >= 0.3 is 0 Å². The predicted molar refractivity (Wildman–Crippen MR) is 76.7 cm³/mol. The number of benzene rings is 2. The van der Waals surface area contributed by atoms with Crippen molar-refractivity contribution in [3.63, 3.8) is 0 Å². The zero-order valence-electron chi connectivity index (χ0n) is 10.2. The average molecular weight is 300 g/mol. The lowest BCUT2D eigenvalue weighted by Crippen LogP contribution is -2.01. The highest BCUT2D eigenvalue weighted by Gasteiger charge is 2.05. The Hall–Kier alpha value is -1.45. The monoisotopic (exact) mass is 299 g/mol. The molecular weight excluding hydrogens is 288 g/mol. The van der Waals surface area contributed by atoms with Crippen molar-refractivity contribution in [1.29, 1.82) is 0 Å². The first-order valence-electron chi connectivity index (χ1n) is 5.61. The highest BCUT2D eigenvalue weighted by Crippen LogP contribution is 2.26. The van der Waals surface area contributed by atoms with Gasteiger partial charge in [-0.1, -0.05) is 29.3 Å². The van der Waals surface area contributed by atoms with Crippen molar-refractivity contribution in [3.8, 4) is 5.75 Å². The molecule has 0 radical (unpaired) electrons. The fourth-order valence-electron chi connectivity index (χ4n) is 1.65. The molecule has 1 N–H and O–H groups in total. The second-order valence-electron chi connectivity index (χ2n) is 3.95. The first-order valence-corrected chi connectivity index (χ1v) is 6.37. The van der Waals surface area contributed by atoms with Gasteiger partial charge in [-0.05, 0) is 35.9 Å². The molecule has 0 atom stereocenters. The average Bonchev–Trinajstić information content (AvgIpc) is 2.40. The third-order valence-electron chi connectivity index (χ3n) is 2.63. The number of hydrogen-bond acceptors (Lipinski definition) is 2. The number of hydrogen-bond donors (Lipinski definition) is 1. The molecule has 2 nitrogen and oxygen atoms in total. The van der Waals surface area contributed by atoms with Crippen LogP contribution in [-0.4, -0.2) is 7.11 Å². The van der Waals surface area contributed by atoms with Gasteiger partial charge < -0.3 is 10.1 Å². The van der Waals surface area contributed by atoms with Gasteiger partial charge in [-0.25, -0.2) is 4.39 Å². The van der Waals surface area contributed by atoms with E-state index in [-0.39, 0.29) is 11.6 Å². The molecule has 0 saturated carbocycles. The van der Waals surface area contributed by atoms with Gasteiger partial charge in [-0.3, -0.25) is 0 Å². The van der Waals surface area contributed by atoms with E-state index in [4.69, 9.17) is 27.9 Å². The lowest BCUT2D eigenvalue weighted by molar-refractivity contribution is 0.386. The van der Waals surface area contributed by atoms with Gasteiger partial charge in [0.05, 0.1) is 17.8 Å². The Morgan fingerprint density at radius 3 is 2.63 bits per heavy atom. The van der Waals surface area contributed by atoms with Crippen LogP contribution in [0.2, 0.25) is 10.0 Å². The Balaban J connectivity index is 2.10. The van der Waals surface area contributed by atoms with Crippen molar-refractivity contribution in [2.45, 2.75) is 6.54 Å². The summed E-state index contributed by atoms with van der Waals surface area (Å²) >= 11 is 11.9. The van der Waals surface area contributed by atoms with E-state index in [1.807, 2.05) is 0 Å². The summed E-state index contributed by atoms with van der Waals surface area (Å²) in [6.07, 6.45) is 0. The fraction of sp³-hybridized carbons (Fsp3) is 0.143. The van der Waals surface area contributed by atoms with Gasteiger partial charge in [-0.2, -0.15) is 0 Å². The van der Waals surface area contributed by atoms with Crippen LogP contribution in [0.15, 0.2) is 36.4 Å². The number of ether oxygens (including phenoxy) is 1. The summed E-state index contributed by atoms with van der Waals surface area (Å²) in [5, 5.41) is 4.27. The molecule has 0 unspecified atom stereocenters. The van der Waals surface area contributed by atoms with Gasteiger partial charge in [0.15, 0.2) is 11.6 Å². The lowest BCUT2D eigenvalue weighted by atomic mass is 10.2. The van der Waals surface area contributed by atoms with Crippen LogP contribution in [0.3, 0.4) is 0 Å².